The Labute approximate surface area is 149 Å². The third-order valence-corrected chi connectivity index (χ3v) is 4.79. The molecule has 1 aliphatic rings. The highest BCUT2D eigenvalue weighted by Gasteiger charge is 2.56. The first-order valence-electron chi connectivity index (χ1n) is 8.26. The van der Waals surface area contributed by atoms with Crippen LogP contribution >= 0.6 is 0 Å². The second-order valence-electron chi connectivity index (χ2n) is 6.31. The Morgan fingerprint density at radius 2 is 1.50 bits per heavy atom. The Balaban J connectivity index is 1.61. The van der Waals surface area contributed by atoms with Gasteiger partial charge in [-0.05, 0) is 11.1 Å². The molecule has 4 rings (SSSR count). The van der Waals surface area contributed by atoms with Crippen LogP contribution in [0.4, 0.5) is 4.39 Å². The molecule has 2 N–H and O–H groups in total. The Morgan fingerprint density at radius 3 is 2.08 bits per heavy atom. The standard InChI is InChI=1S/C20H16FN3O2/c21-15-10-22-19(23-11-15)14-8-6-13(7-9-14)17-16(18(17)20(25)24-26)12-4-2-1-3-5-12/h1-11,16-18,26H,(H,24,25)/t16-,17-,18-/m0/s1. The van der Waals surface area contributed by atoms with E-state index < -0.39 is 5.82 Å². The number of carbonyl (C=O) groups excluding carboxylic acids is 1. The highest BCUT2D eigenvalue weighted by molar-refractivity contribution is 5.84. The summed E-state index contributed by atoms with van der Waals surface area (Å²) in [5.74, 6) is -0.709. The fraction of sp³-hybridized carbons (Fsp3) is 0.150. The van der Waals surface area contributed by atoms with Crippen molar-refractivity contribution in [3.8, 4) is 11.4 Å². The average molecular weight is 349 g/mol. The van der Waals surface area contributed by atoms with Crippen molar-refractivity contribution < 1.29 is 14.4 Å². The van der Waals surface area contributed by atoms with Gasteiger partial charge in [0.15, 0.2) is 11.6 Å². The highest BCUT2D eigenvalue weighted by atomic mass is 19.1. The molecule has 0 unspecified atom stereocenters. The van der Waals surface area contributed by atoms with Crippen molar-refractivity contribution in [2.24, 2.45) is 5.92 Å². The van der Waals surface area contributed by atoms with Crippen LogP contribution in [0.5, 0.6) is 0 Å². The zero-order valence-electron chi connectivity index (χ0n) is 13.7. The molecule has 1 heterocycles. The van der Waals surface area contributed by atoms with Crippen molar-refractivity contribution in [1.82, 2.24) is 15.4 Å². The number of aromatic nitrogens is 2. The van der Waals surface area contributed by atoms with E-state index in [-0.39, 0.29) is 23.7 Å². The van der Waals surface area contributed by atoms with E-state index in [4.69, 9.17) is 5.21 Å². The van der Waals surface area contributed by atoms with Crippen molar-refractivity contribution in [2.75, 3.05) is 0 Å². The SMILES string of the molecule is O=C(NO)[C@H]1[C@@H](c2ccccc2)[C@@H]1c1ccc(-c2ncc(F)cn2)cc1. The summed E-state index contributed by atoms with van der Waals surface area (Å²) in [5, 5.41) is 9.04. The molecule has 5 nitrogen and oxygen atoms in total. The fourth-order valence-electron chi connectivity index (χ4n) is 3.53. The van der Waals surface area contributed by atoms with Gasteiger partial charge in [-0.2, -0.15) is 0 Å². The summed E-state index contributed by atoms with van der Waals surface area (Å²) in [5.41, 5.74) is 4.61. The minimum absolute atomic E-state index is 0.00673. The molecule has 1 amide bonds. The van der Waals surface area contributed by atoms with Crippen LogP contribution in [0.15, 0.2) is 67.0 Å². The van der Waals surface area contributed by atoms with Crippen molar-refractivity contribution in [3.63, 3.8) is 0 Å². The second-order valence-corrected chi connectivity index (χ2v) is 6.31. The molecule has 0 saturated heterocycles. The monoisotopic (exact) mass is 349 g/mol. The smallest absolute Gasteiger partial charge is 0.247 e. The van der Waals surface area contributed by atoms with Crippen LogP contribution < -0.4 is 5.48 Å². The number of hydroxylamine groups is 1. The average Bonchev–Trinajstić information content (AvgIpc) is 3.44. The van der Waals surface area contributed by atoms with Crippen molar-refractivity contribution >= 4 is 5.91 Å². The molecule has 2 aromatic carbocycles. The van der Waals surface area contributed by atoms with Crippen LogP contribution in [0.3, 0.4) is 0 Å². The first-order valence-corrected chi connectivity index (χ1v) is 8.26. The molecular weight excluding hydrogens is 333 g/mol. The van der Waals surface area contributed by atoms with E-state index in [1.165, 1.54) is 0 Å². The van der Waals surface area contributed by atoms with Gasteiger partial charge >= 0.3 is 0 Å². The minimum Gasteiger partial charge on any atom is -0.289 e. The normalized spacial score (nSPS) is 21.2. The molecule has 130 valence electrons. The third kappa shape index (κ3) is 2.95. The summed E-state index contributed by atoms with van der Waals surface area (Å²) in [7, 11) is 0. The Bertz CT molecular complexity index is 914. The Morgan fingerprint density at radius 1 is 0.923 bits per heavy atom. The number of hydrogen-bond donors (Lipinski definition) is 2. The number of amides is 1. The first kappa shape index (κ1) is 16.4. The van der Waals surface area contributed by atoms with Gasteiger partial charge in [-0.1, -0.05) is 54.6 Å². The molecule has 6 heteroatoms. The molecule has 0 radical (unpaired) electrons. The molecule has 3 aromatic rings. The van der Waals surface area contributed by atoms with Crippen LogP contribution in [0.2, 0.25) is 0 Å². The number of carbonyl (C=O) groups is 1. The number of benzene rings is 2. The van der Waals surface area contributed by atoms with E-state index >= 15 is 0 Å². The summed E-state index contributed by atoms with van der Waals surface area (Å²) < 4.78 is 13.0. The third-order valence-electron chi connectivity index (χ3n) is 4.79. The zero-order chi connectivity index (χ0) is 18.1. The lowest BCUT2D eigenvalue weighted by Crippen LogP contribution is -2.21. The largest absolute Gasteiger partial charge is 0.289 e. The number of hydrogen-bond acceptors (Lipinski definition) is 4. The predicted octanol–water partition coefficient (Wildman–Crippen LogP) is 3.29. The van der Waals surface area contributed by atoms with Gasteiger partial charge in [0, 0.05) is 17.4 Å². The van der Waals surface area contributed by atoms with Crippen LogP contribution in [-0.4, -0.2) is 21.1 Å². The van der Waals surface area contributed by atoms with E-state index in [0.29, 0.717) is 5.82 Å². The van der Waals surface area contributed by atoms with Crippen molar-refractivity contribution in [2.45, 2.75) is 11.8 Å². The molecule has 0 aliphatic heterocycles. The molecule has 1 aromatic heterocycles. The maximum atomic E-state index is 13.0. The minimum atomic E-state index is -0.480. The van der Waals surface area contributed by atoms with Gasteiger partial charge in [0.1, 0.15) is 0 Å². The lowest BCUT2D eigenvalue weighted by atomic mass is 10.0. The van der Waals surface area contributed by atoms with Gasteiger partial charge in [0.2, 0.25) is 5.91 Å². The summed E-state index contributed by atoms with van der Waals surface area (Å²) in [4.78, 5) is 20.0. The second kappa shape index (κ2) is 6.65. The number of rotatable bonds is 4. The van der Waals surface area contributed by atoms with Crippen molar-refractivity contribution in [3.05, 3.63) is 83.9 Å². The van der Waals surface area contributed by atoms with Crippen LogP contribution in [0, 0.1) is 11.7 Å². The van der Waals surface area contributed by atoms with Gasteiger partial charge in [-0.25, -0.2) is 19.8 Å². The molecule has 0 bridgehead atoms. The molecule has 1 fully saturated rings. The van der Waals surface area contributed by atoms with Gasteiger partial charge < -0.3 is 0 Å². The van der Waals surface area contributed by atoms with Crippen molar-refractivity contribution in [1.29, 1.82) is 0 Å². The maximum Gasteiger partial charge on any atom is 0.247 e. The first-order chi connectivity index (χ1) is 12.7. The highest BCUT2D eigenvalue weighted by Crippen LogP contribution is 2.60. The molecule has 1 aliphatic carbocycles. The molecule has 0 spiro atoms. The Kier molecular flexibility index (Phi) is 4.18. The molecule has 3 atom stereocenters. The summed E-state index contributed by atoms with van der Waals surface area (Å²) in [6, 6.07) is 17.3. The van der Waals surface area contributed by atoms with Gasteiger partial charge in [-0.3, -0.25) is 10.0 Å². The lowest BCUT2D eigenvalue weighted by molar-refractivity contribution is -0.130. The summed E-state index contributed by atoms with van der Waals surface area (Å²) in [6.45, 7) is 0. The van der Waals surface area contributed by atoms with E-state index in [1.54, 1.807) is 5.48 Å². The predicted molar refractivity (Wildman–Crippen MR) is 92.8 cm³/mol. The Hall–Kier alpha value is -3.12. The zero-order valence-corrected chi connectivity index (χ0v) is 13.7. The summed E-state index contributed by atoms with van der Waals surface area (Å²) >= 11 is 0. The molecule has 1 saturated carbocycles. The van der Waals surface area contributed by atoms with E-state index in [9.17, 15) is 9.18 Å². The van der Waals surface area contributed by atoms with Crippen LogP contribution in [0.25, 0.3) is 11.4 Å². The van der Waals surface area contributed by atoms with E-state index in [2.05, 4.69) is 9.97 Å². The van der Waals surface area contributed by atoms with E-state index in [1.807, 2.05) is 54.6 Å². The quantitative estimate of drug-likeness (QED) is 0.560. The maximum absolute atomic E-state index is 13.0. The molecule has 26 heavy (non-hydrogen) atoms. The van der Waals surface area contributed by atoms with Crippen LogP contribution in [0.1, 0.15) is 23.0 Å². The van der Waals surface area contributed by atoms with Gasteiger partial charge in [0.25, 0.3) is 0 Å². The number of halogens is 1. The molecular formula is C20H16FN3O2. The van der Waals surface area contributed by atoms with Crippen LogP contribution in [-0.2, 0) is 4.79 Å². The van der Waals surface area contributed by atoms with Gasteiger partial charge in [0.05, 0.1) is 18.3 Å². The number of nitrogens with zero attached hydrogens (tertiary/aromatic N) is 2. The number of nitrogens with one attached hydrogen (secondary N) is 1. The fourth-order valence-corrected chi connectivity index (χ4v) is 3.53. The van der Waals surface area contributed by atoms with E-state index in [0.717, 1.165) is 29.1 Å². The topological polar surface area (TPSA) is 75.1 Å². The van der Waals surface area contributed by atoms with Gasteiger partial charge in [-0.15, -0.1) is 0 Å². The lowest BCUT2D eigenvalue weighted by Gasteiger charge is -2.04. The summed E-state index contributed by atoms with van der Waals surface area (Å²) in [6.07, 6.45) is 2.26.